The summed E-state index contributed by atoms with van der Waals surface area (Å²) in [7, 11) is 0. The van der Waals surface area contributed by atoms with Gasteiger partial charge in [-0.2, -0.15) is 0 Å². The quantitative estimate of drug-likeness (QED) is 0.689. The van der Waals surface area contributed by atoms with E-state index in [1.54, 1.807) is 23.3 Å². The molecule has 0 radical (unpaired) electrons. The van der Waals surface area contributed by atoms with Crippen molar-refractivity contribution in [1.82, 2.24) is 15.1 Å². The monoisotopic (exact) mass is 478 g/mol. The van der Waals surface area contributed by atoms with Crippen LogP contribution in [-0.4, -0.2) is 59.4 Å². The first-order chi connectivity index (χ1) is 17.1. The summed E-state index contributed by atoms with van der Waals surface area (Å²) in [6.45, 7) is 1.79. The highest BCUT2D eigenvalue weighted by atomic mass is 16.3. The van der Waals surface area contributed by atoms with E-state index in [0.29, 0.717) is 44.9 Å². The molecule has 3 fully saturated rings. The topological polar surface area (TPSA) is 86.1 Å². The molecule has 3 heterocycles. The van der Waals surface area contributed by atoms with Crippen molar-refractivity contribution in [1.29, 1.82) is 0 Å². The summed E-state index contributed by atoms with van der Waals surface area (Å²) in [4.78, 5) is 45.3. The number of hydrogen-bond acceptors (Lipinski definition) is 5. The number of hydrogen-bond donors (Lipinski definition) is 1. The molecule has 35 heavy (non-hydrogen) atoms. The first kappa shape index (κ1) is 23.5. The van der Waals surface area contributed by atoms with Crippen molar-refractivity contribution >= 4 is 23.4 Å². The van der Waals surface area contributed by atoms with Crippen LogP contribution in [0.2, 0.25) is 0 Å². The first-order valence-electron chi connectivity index (χ1n) is 12.8. The summed E-state index contributed by atoms with van der Waals surface area (Å²) in [5.74, 6) is 0.814. The molecule has 8 heteroatoms. The third kappa shape index (κ3) is 4.79. The van der Waals surface area contributed by atoms with E-state index in [0.717, 1.165) is 31.4 Å². The Balaban J connectivity index is 1.28. The van der Waals surface area contributed by atoms with Gasteiger partial charge in [0.25, 0.3) is 5.91 Å². The van der Waals surface area contributed by atoms with Crippen LogP contribution in [0.5, 0.6) is 0 Å². The molecule has 2 aliphatic heterocycles. The maximum absolute atomic E-state index is 13.8. The van der Waals surface area contributed by atoms with Gasteiger partial charge < -0.3 is 24.4 Å². The molecule has 2 saturated heterocycles. The second kappa shape index (κ2) is 10.1. The highest BCUT2D eigenvalue weighted by molar-refractivity contribution is 5.96. The molecule has 2 aromatic rings. The fourth-order valence-electron chi connectivity index (χ4n) is 5.86. The molecule has 0 unspecified atom stereocenters. The lowest BCUT2D eigenvalue weighted by molar-refractivity contribution is -0.142. The van der Waals surface area contributed by atoms with Crippen LogP contribution in [0, 0.1) is 5.92 Å². The molecule has 1 spiro atoms. The van der Waals surface area contributed by atoms with E-state index < -0.39 is 5.54 Å². The van der Waals surface area contributed by atoms with E-state index in [9.17, 15) is 14.4 Å². The minimum atomic E-state index is -0.730. The number of carbonyl (C=O) groups excluding carboxylic acids is 3. The Morgan fingerprint density at radius 3 is 2.43 bits per heavy atom. The van der Waals surface area contributed by atoms with Gasteiger partial charge >= 0.3 is 0 Å². The van der Waals surface area contributed by atoms with Crippen LogP contribution in [0.4, 0.5) is 5.69 Å². The summed E-state index contributed by atoms with van der Waals surface area (Å²) in [5, 5.41) is 2.84. The Kier molecular flexibility index (Phi) is 6.79. The number of amides is 3. The standard InChI is InChI=1S/C27H34N4O4/c32-24(28-18-23-12-7-17-35-23)19-30-20-31(22-10-5-2-6-11-22)27(26(30)34)13-15-29(16-14-27)25(33)21-8-3-1-4-9-21/h2,5-7,10-12,17,21H,1,3-4,8-9,13-16,18-20H2,(H,28,32). The second-order valence-electron chi connectivity index (χ2n) is 9.96. The van der Waals surface area contributed by atoms with E-state index in [4.69, 9.17) is 4.42 Å². The zero-order valence-corrected chi connectivity index (χ0v) is 20.2. The molecule has 5 rings (SSSR count). The van der Waals surface area contributed by atoms with Crippen LogP contribution in [0.25, 0.3) is 0 Å². The summed E-state index contributed by atoms with van der Waals surface area (Å²) in [5.41, 5.74) is 0.234. The van der Waals surface area contributed by atoms with Crippen LogP contribution in [0.1, 0.15) is 50.7 Å². The molecule has 1 aromatic heterocycles. The Bertz CT molecular complexity index is 1020. The van der Waals surface area contributed by atoms with Gasteiger partial charge in [-0.1, -0.05) is 37.5 Å². The van der Waals surface area contributed by atoms with Gasteiger partial charge in [-0.05, 0) is 49.9 Å². The molecule has 186 valence electrons. The van der Waals surface area contributed by atoms with Crippen LogP contribution in [-0.2, 0) is 20.9 Å². The van der Waals surface area contributed by atoms with Crippen molar-refractivity contribution in [2.45, 2.75) is 57.0 Å². The van der Waals surface area contributed by atoms with Gasteiger partial charge in [-0.3, -0.25) is 14.4 Å². The van der Waals surface area contributed by atoms with E-state index in [1.807, 2.05) is 35.2 Å². The number of furan rings is 1. The van der Waals surface area contributed by atoms with Gasteiger partial charge in [0, 0.05) is 24.7 Å². The Labute approximate surface area is 206 Å². The molecule has 0 atom stereocenters. The molecule has 1 N–H and O–H groups in total. The van der Waals surface area contributed by atoms with E-state index in [-0.39, 0.29) is 30.2 Å². The third-order valence-electron chi connectivity index (χ3n) is 7.81. The van der Waals surface area contributed by atoms with Crippen LogP contribution in [0.3, 0.4) is 0 Å². The fourth-order valence-corrected chi connectivity index (χ4v) is 5.86. The van der Waals surface area contributed by atoms with Crippen molar-refractivity contribution < 1.29 is 18.8 Å². The number of piperidine rings is 1. The van der Waals surface area contributed by atoms with Crippen molar-refractivity contribution in [3.63, 3.8) is 0 Å². The molecule has 0 bridgehead atoms. The molecular formula is C27H34N4O4. The lowest BCUT2D eigenvalue weighted by Crippen LogP contribution is -2.58. The Hall–Kier alpha value is -3.29. The predicted molar refractivity (Wildman–Crippen MR) is 131 cm³/mol. The number of anilines is 1. The maximum atomic E-state index is 13.8. The number of carbonyl (C=O) groups is 3. The predicted octanol–water partition coefficient (Wildman–Crippen LogP) is 3.14. The van der Waals surface area contributed by atoms with Crippen molar-refractivity contribution in [2.24, 2.45) is 5.92 Å². The van der Waals surface area contributed by atoms with Crippen LogP contribution in [0.15, 0.2) is 53.1 Å². The highest BCUT2D eigenvalue weighted by Gasteiger charge is 2.54. The van der Waals surface area contributed by atoms with Crippen molar-refractivity contribution in [2.75, 3.05) is 31.2 Å². The number of rotatable bonds is 6. The van der Waals surface area contributed by atoms with Gasteiger partial charge in [-0.15, -0.1) is 0 Å². The normalized spacial score (nSPS) is 20.5. The maximum Gasteiger partial charge on any atom is 0.250 e. The average Bonchev–Trinajstić information content (AvgIpc) is 3.52. The molecule has 3 aliphatic rings. The fraction of sp³-hybridized carbons (Fsp3) is 0.519. The van der Waals surface area contributed by atoms with Gasteiger partial charge in [0.2, 0.25) is 11.8 Å². The van der Waals surface area contributed by atoms with Gasteiger partial charge in [0.1, 0.15) is 17.8 Å². The molecule has 1 aromatic carbocycles. The lowest BCUT2D eigenvalue weighted by Gasteiger charge is -2.44. The van der Waals surface area contributed by atoms with Gasteiger partial charge in [0.15, 0.2) is 0 Å². The summed E-state index contributed by atoms with van der Waals surface area (Å²) >= 11 is 0. The summed E-state index contributed by atoms with van der Waals surface area (Å²) < 4.78 is 5.28. The summed E-state index contributed by atoms with van der Waals surface area (Å²) in [6.07, 6.45) is 8.16. The zero-order valence-electron chi connectivity index (χ0n) is 20.2. The van der Waals surface area contributed by atoms with E-state index >= 15 is 0 Å². The summed E-state index contributed by atoms with van der Waals surface area (Å²) in [6, 6.07) is 13.5. The largest absolute Gasteiger partial charge is 0.467 e. The van der Waals surface area contributed by atoms with E-state index in [2.05, 4.69) is 10.2 Å². The number of benzene rings is 1. The molecular weight excluding hydrogens is 444 g/mol. The van der Waals surface area contributed by atoms with Crippen molar-refractivity contribution in [3.05, 3.63) is 54.5 Å². The van der Waals surface area contributed by atoms with Crippen LogP contribution < -0.4 is 10.2 Å². The molecule has 1 aliphatic carbocycles. The average molecular weight is 479 g/mol. The van der Waals surface area contributed by atoms with Crippen molar-refractivity contribution in [3.8, 4) is 0 Å². The number of likely N-dealkylation sites (tertiary alicyclic amines) is 1. The molecule has 8 nitrogen and oxygen atoms in total. The number of para-hydroxylation sites is 1. The number of nitrogens with one attached hydrogen (secondary N) is 1. The highest BCUT2D eigenvalue weighted by Crippen LogP contribution is 2.40. The Morgan fingerprint density at radius 2 is 1.74 bits per heavy atom. The minimum Gasteiger partial charge on any atom is -0.467 e. The lowest BCUT2D eigenvalue weighted by atomic mass is 9.83. The number of nitrogens with zero attached hydrogens (tertiary/aromatic N) is 3. The zero-order chi connectivity index (χ0) is 24.3. The van der Waals surface area contributed by atoms with Gasteiger partial charge in [0.05, 0.1) is 19.5 Å². The Morgan fingerprint density at radius 1 is 1.00 bits per heavy atom. The van der Waals surface area contributed by atoms with Crippen LogP contribution >= 0.6 is 0 Å². The van der Waals surface area contributed by atoms with E-state index in [1.165, 1.54) is 6.42 Å². The molecule has 1 saturated carbocycles. The minimum absolute atomic E-state index is 0.00462. The van der Waals surface area contributed by atoms with Gasteiger partial charge in [-0.25, -0.2) is 0 Å². The third-order valence-corrected chi connectivity index (χ3v) is 7.81. The molecule has 3 amide bonds. The first-order valence-corrected chi connectivity index (χ1v) is 12.8. The SMILES string of the molecule is O=C(CN1CN(c2ccccc2)C2(CCN(C(=O)C3CCCCC3)CC2)C1=O)NCc1ccco1. The smallest absolute Gasteiger partial charge is 0.250 e. The second-order valence-corrected chi connectivity index (χ2v) is 9.96.